The quantitative estimate of drug-likeness (QED) is 0.322. The maximum atomic E-state index is 12.5. The number of ether oxygens (including phenoxy) is 1. The molecule has 5 rings (SSSR count). The first-order chi connectivity index (χ1) is 17.1. The van der Waals surface area contributed by atoms with E-state index >= 15 is 0 Å². The van der Waals surface area contributed by atoms with Crippen molar-refractivity contribution in [2.45, 2.75) is 17.0 Å². The number of amides is 1. The van der Waals surface area contributed by atoms with Crippen LogP contribution in [0.5, 0.6) is 0 Å². The van der Waals surface area contributed by atoms with Crippen LogP contribution in [0.25, 0.3) is 10.9 Å². The summed E-state index contributed by atoms with van der Waals surface area (Å²) < 4.78 is 5.36. The van der Waals surface area contributed by atoms with Crippen molar-refractivity contribution >= 4 is 40.2 Å². The Morgan fingerprint density at radius 2 is 1.91 bits per heavy atom. The summed E-state index contributed by atoms with van der Waals surface area (Å²) in [6.45, 7) is 6.72. The number of rotatable bonds is 8. The maximum Gasteiger partial charge on any atom is 0.251 e. The monoisotopic (exact) mass is 489 g/mol. The minimum atomic E-state index is -0.0712. The van der Waals surface area contributed by atoms with Gasteiger partial charge in [-0.2, -0.15) is 5.10 Å². The zero-order valence-electron chi connectivity index (χ0n) is 19.5. The van der Waals surface area contributed by atoms with Gasteiger partial charge in [-0.25, -0.2) is 9.97 Å². The molecule has 3 heterocycles. The summed E-state index contributed by atoms with van der Waals surface area (Å²) in [4.78, 5) is 25.2. The summed E-state index contributed by atoms with van der Waals surface area (Å²) in [6, 6.07) is 17.3. The second-order valence-electron chi connectivity index (χ2n) is 8.26. The van der Waals surface area contributed by atoms with E-state index in [1.807, 2.05) is 61.5 Å². The van der Waals surface area contributed by atoms with E-state index in [0.717, 1.165) is 60.2 Å². The van der Waals surface area contributed by atoms with Crippen LogP contribution in [0.4, 0.5) is 11.6 Å². The van der Waals surface area contributed by atoms with Gasteiger partial charge in [-0.3, -0.25) is 14.8 Å². The van der Waals surface area contributed by atoms with E-state index in [-0.39, 0.29) is 5.91 Å². The van der Waals surface area contributed by atoms with E-state index in [4.69, 9.17) is 14.7 Å². The summed E-state index contributed by atoms with van der Waals surface area (Å²) >= 11 is 1.45. The molecule has 35 heavy (non-hydrogen) atoms. The molecule has 0 radical (unpaired) electrons. The first-order valence-corrected chi connectivity index (χ1v) is 12.4. The third kappa shape index (κ3) is 5.97. The van der Waals surface area contributed by atoms with Crippen LogP contribution in [-0.2, 0) is 4.74 Å². The number of anilines is 2. The highest BCUT2D eigenvalue weighted by Gasteiger charge is 2.13. The zero-order valence-corrected chi connectivity index (χ0v) is 20.3. The van der Waals surface area contributed by atoms with Crippen LogP contribution >= 0.6 is 11.8 Å². The van der Waals surface area contributed by atoms with Crippen LogP contribution in [-0.4, -0.2) is 70.4 Å². The molecule has 0 bridgehead atoms. The Kier molecular flexibility index (Phi) is 7.22. The van der Waals surface area contributed by atoms with Crippen molar-refractivity contribution in [2.24, 2.45) is 0 Å². The summed E-state index contributed by atoms with van der Waals surface area (Å²) in [7, 11) is 0. The lowest BCUT2D eigenvalue weighted by atomic mass is 10.2. The number of nitrogens with one attached hydrogen (secondary N) is 3. The van der Waals surface area contributed by atoms with Crippen LogP contribution in [0.2, 0.25) is 0 Å². The molecule has 3 N–H and O–H groups in total. The van der Waals surface area contributed by atoms with Crippen molar-refractivity contribution in [3.63, 3.8) is 0 Å². The lowest BCUT2D eigenvalue weighted by molar-refractivity contribution is 0.0383. The molecule has 0 aliphatic carbocycles. The number of hydrogen-bond acceptors (Lipinski definition) is 8. The largest absolute Gasteiger partial charge is 0.379 e. The smallest absolute Gasteiger partial charge is 0.251 e. The summed E-state index contributed by atoms with van der Waals surface area (Å²) in [6.07, 6.45) is 0. The Bertz CT molecular complexity index is 1300. The van der Waals surface area contributed by atoms with Gasteiger partial charge in [-0.1, -0.05) is 12.1 Å². The Morgan fingerprint density at radius 1 is 1.11 bits per heavy atom. The van der Waals surface area contributed by atoms with Gasteiger partial charge < -0.3 is 15.4 Å². The number of carbonyl (C=O) groups is 1. The van der Waals surface area contributed by atoms with Gasteiger partial charge in [0.25, 0.3) is 5.91 Å². The van der Waals surface area contributed by atoms with Crippen LogP contribution in [0.1, 0.15) is 16.1 Å². The van der Waals surface area contributed by atoms with E-state index in [1.165, 1.54) is 11.8 Å². The molecule has 0 unspecified atom stereocenters. The van der Waals surface area contributed by atoms with Crippen LogP contribution < -0.4 is 10.6 Å². The minimum Gasteiger partial charge on any atom is -0.379 e. The predicted molar refractivity (Wildman–Crippen MR) is 136 cm³/mol. The zero-order chi connectivity index (χ0) is 24.0. The molecule has 1 aliphatic rings. The number of H-pyrrole nitrogens is 1. The molecular weight excluding hydrogens is 462 g/mol. The highest BCUT2D eigenvalue weighted by Crippen LogP contribution is 2.30. The summed E-state index contributed by atoms with van der Waals surface area (Å²) in [5.41, 5.74) is 2.37. The molecule has 180 valence electrons. The topological polar surface area (TPSA) is 108 Å². The van der Waals surface area contributed by atoms with E-state index in [0.29, 0.717) is 23.1 Å². The van der Waals surface area contributed by atoms with E-state index in [1.54, 1.807) is 0 Å². The fourth-order valence-corrected chi connectivity index (χ4v) is 4.61. The van der Waals surface area contributed by atoms with Crippen molar-refractivity contribution < 1.29 is 9.53 Å². The van der Waals surface area contributed by atoms with Gasteiger partial charge in [0.15, 0.2) is 5.16 Å². The Labute approximate surface area is 207 Å². The number of morpholine rings is 1. The lowest BCUT2D eigenvalue weighted by Crippen LogP contribution is -2.41. The molecule has 0 spiro atoms. The number of benzene rings is 2. The van der Waals surface area contributed by atoms with E-state index < -0.39 is 0 Å². The standard InChI is InChI=1S/C25H27N7O2S/c1-17-16-22(31-30-17)28-23-20-4-2-3-5-21(20)27-25(29-23)35-19-8-6-18(7-9-19)24(33)26-10-11-32-12-14-34-15-13-32/h2-9,16H,10-15H2,1H3,(H,26,33)(H2,27,28,29,30,31). The Morgan fingerprint density at radius 3 is 2.69 bits per heavy atom. The maximum absolute atomic E-state index is 12.5. The number of aryl methyl sites for hydroxylation is 1. The molecule has 9 nitrogen and oxygen atoms in total. The number of aromatic nitrogens is 4. The molecule has 1 amide bonds. The number of para-hydroxylation sites is 1. The van der Waals surface area contributed by atoms with Crippen molar-refractivity contribution in [3.8, 4) is 0 Å². The fraction of sp³-hybridized carbons (Fsp3) is 0.280. The summed E-state index contributed by atoms with van der Waals surface area (Å²) in [5.74, 6) is 1.41. The third-order valence-electron chi connectivity index (χ3n) is 5.68. The average Bonchev–Trinajstić information content (AvgIpc) is 3.29. The van der Waals surface area contributed by atoms with Gasteiger partial charge in [-0.05, 0) is 55.1 Å². The van der Waals surface area contributed by atoms with E-state index in [2.05, 4.69) is 25.7 Å². The molecule has 2 aromatic carbocycles. The van der Waals surface area contributed by atoms with Crippen LogP contribution in [0.3, 0.4) is 0 Å². The fourth-order valence-electron chi connectivity index (χ4n) is 3.84. The highest BCUT2D eigenvalue weighted by molar-refractivity contribution is 7.99. The normalized spacial score (nSPS) is 14.2. The van der Waals surface area contributed by atoms with Gasteiger partial charge in [-0.15, -0.1) is 0 Å². The molecule has 0 atom stereocenters. The number of nitrogens with zero attached hydrogens (tertiary/aromatic N) is 4. The lowest BCUT2D eigenvalue weighted by Gasteiger charge is -2.26. The predicted octanol–water partition coefficient (Wildman–Crippen LogP) is 3.62. The molecule has 2 aromatic heterocycles. The number of aromatic amines is 1. The molecular formula is C25H27N7O2S. The molecule has 10 heteroatoms. The van der Waals surface area contributed by atoms with Gasteiger partial charge in [0.1, 0.15) is 11.6 Å². The molecule has 1 aliphatic heterocycles. The van der Waals surface area contributed by atoms with Crippen molar-refractivity contribution in [3.05, 3.63) is 65.9 Å². The molecule has 0 saturated carbocycles. The van der Waals surface area contributed by atoms with Gasteiger partial charge in [0, 0.05) is 48.1 Å². The Balaban J connectivity index is 1.25. The SMILES string of the molecule is Cc1cc(Nc2nc(Sc3ccc(C(=O)NCCN4CCOCC4)cc3)nc3ccccc23)[nH]n1. The molecule has 4 aromatic rings. The second-order valence-corrected chi connectivity index (χ2v) is 9.30. The van der Waals surface area contributed by atoms with Crippen molar-refractivity contribution in [1.82, 2.24) is 30.4 Å². The number of fused-ring (bicyclic) bond motifs is 1. The molecule has 1 fully saturated rings. The average molecular weight is 490 g/mol. The molecule has 1 saturated heterocycles. The minimum absolute atomic E-state index is 0.0712. The number of hydrogen-bond donors (Lipinski definition) is 3. The van der Waals surface area contributed by atoms with Crippen molar-refractivity contribution in [1.29, 1.82) is 0 Å². The van der Waals surface area contributed by atoms with Gasteiger partial charge >= 0.3 is 0 Å². The van der Waals surface area contributed by atoms with Crippen LogP contribution in [0.15, 0.2) is 64.6 Å². The second kappa shape index (κ2) is 10.9. The first-order valence-electron chi connectivity index (χ1n) is 11.6. The first kappa shape index (κ1) is 23.3. The summed E-state index contributed by atoms with van der Waals surface area (Å²) in [5, 5.41) is 15.0. The van der Waals surface area contributed by atoms with Gasteiger partial charge in [0.05, 0.1) is 24.4 Å². The van der Waals surface area contributed by atoms with Crippen LogP contribution in [0, 0.1) is 6.92 Å². The van der Waals surface area contributed by atoms with Gasteiger partial charge in [0.2, 0.25) is 0 Å². The van der Waals surface area contributed by atoms with Crippen molar-refractivity contribution in [2.75, 3.05) is 44.7 Å². The Hall–Kier alpha value is -3.47. The van der Waals surface area contributed by atoms with E-state index in [9.17, 15) is 4.79 Å². The third-order valence-corrected chi connectivity index (χ3v) is 6.56. The highest BCUT2D eigenvalue weighted by atomic mass is 32.2. The number of carbonyl (C=O) groups excluding carboxylic acids is 1.